The number of piperidine rings is 1. The van der Waals surface area contributed by atoms with E-state index in [4.69, 9.17) is 4.74 Å². The maximum absolute atomic E-state index is 12.8. The molecule has 2 fully saturated rings. The number of aryl methyl sites for hydroxylation is 1. The lowest BCUT2D eigenvalue weighted by Gasteiger charge is -2.36. The van der Waals surface area contributed by atoms with Crippen molar-refractivity contribution in [3.8, 4) is 0 Å². The van der Waals surface area contributed by atoms with E-state index >= 15 is 0 Å². The third kappa shape index (κ3) is 1.86. The van der Waals surface area contributed by atoms with Gasteiger partial charge in [0.2, 0.25) is 10.0 Å². The molecule has 0 unspecified atom stereocenters. The van der Waals surface area contributed by atoms with Crippen molar-refractivity contribution < 1.29 is 17.9 Å². The average Bonchev–Trinajstić information content (AvgIpc) is 2.59. The molecule has 2 aliphatic heterocycles. The lowest BCUT2D eigenvalue weighted by molar-refractivity contribution is -0.145. The highest BCUT2D eigenvalue weighted by Crippen LogP contribution is 2.40. The molecule has 1 aromatic rings. The summed E-state index contributed by atoms with van der Waals surface area (Å²) in [4.78, 5) is 12.2. The monoisotopic (exact) mass is 295 g/mol. The number of hydrogen-bond acceptors (Lipinski definition) is 4. The smallest absolute Gasteiger partial charge is 0.327 e. The molecule has 3 rings (SSSR count). The molecule has 2 atom stereocenters. The molecule has 2 bridgehead atoms. The molecule has 0 N–H and O–H groups in total. The third-order valence-electron chi connectivity index (χ3n) is 4.15. The fourth-order valence-corrected chi connectivity index (χ4v) is 4.70. The number of esters is 1. The van der Waals surface area contributed by atoms with Crippen LogP contribution >= 0.6 is 0 Å². The Kier molecular flexibility index (Phi) is 2.92. The number of rotatable bonds is 2. The molecule has 6 heteroatoms. The summed E-state index contributed by atoms with van der Waals surface area (Å²) in [6, 6.07) is 6.69. The zero-order chi connectivity index (χ0) is 14.5. The molecule has 0 amide bonds. The van der Waals surface area contributed by atoms with Crippen LogP contribution < -0.4 is 0 Å². The van der Waals surface area contributed by atoms with Crippen LogP contribution in [0.15, 0.2) is 29.2 Å². The van der Waals surface area contributed by atoms with Gasteiger partial charge in [-0.15, -0.1) is 0 Å². The molecule has 0 spiro atoms. The highest BCUT2D eigenvalue weighted by Gasteiger charge is 2.56. The Balaban J connectivity index is 2.03. The third-order valence-corrected chi connectivity index (χ3v) is 6.19. The number of carbonyl (C=O) groups excluding carboxylic acids is 1. The molecule has 2 saturated heterocycles. The van der Waals surface area contributed by atoms with E-state index in [2.05, 4.69) is 0 Å². The van der Waals surface area contributed by atoms with Crippen molar-refractivity contribution in [1.29, 1.82) is 0 Å². The first-order valence-electron chi connectivity index (χ1n) is 6.65. The van der Waals surface area contributed by atoms with Crippen molar-refractivity contribution in [2.45, 2.75) is 43.2 Å². The van der Waals surface area contributed by atoms with Crippen LogP contribution in [0, 0.1) is 6.92 Å². The predicted octanol–water partition coefficient (Wildman–Crippen LogP) is 1.46. The van der Waals surface area contributed by atoms with Gasteiger partial charge in [-0.25, -0.2) is 8.42 Å². The van der Waals surface area contributed by atoms with Gasteiger partial charge in [0.15, 0.2) is 0 Å². The van der Waals surface area contributed by atoms with E-state index in [9.17, 15) is 13.2 Å². The maximum atomic E-state index is 12.8. The van der Waals surface area contributed by atoms with E-state index < -0.39 is 21.5 Å². The van der Waals surface area contributed by atoms with Crippen LogP contribution in [0.4, 0.5) is 0 Å². The lowest BCUT2D eigenvalue weighted by atomic mass is 9.93. The van der Waals surface area contributed by atoms with Crippen LogP contribution in [0.1, 0.15) is 25.3 Å². The molecule has 2 heterocycles. The van der Waals surface area contributed by atoms with Crippen molar-refractivity contribution in [2.75, 3.05) is 6.54 Å². The minimum absolute atomic E-state index is 0.142. The van der Waals surface area contributed by atoms with Gasteiger partial charge in [0.1, 0.15) is 11.6 Å². The summed E-state index contributed by atoms with van der Waals surface area (Å²) in [6.45, 7) is 3.88. The Morgan fingerprint density at radius 1 is 1.30 bits per heavy atom. The van der Waals surface area contributed by atoms with Gasteiger partial charge in [-0.1, -0.05) is 17.7 Å². The van der Waals surface area contributed by atoms with Crippen LogP contribution in [-0.2, 0) is 19.6 Å². The van der Waals surface area contributed by atoms with E-state index in [1.807, 2.05) is 6.92 Å². The zero-order valence-electron chi connectivity index (χ0n) is 11.5. The fraction of sp³-hybridized carbons (Fsp3) is 0.500. The van der Waals surface area contributed by atoms with E-state index in [0.717, 1.165) is 5.56 Å². The molecule has 0 radical (unpaired) electrons. The minimum atomic E-state index is -3.67. The van der Waals surface area contributed by atoms with Crippen LogP contribution in [0.3, 0.4) is 0 Å². The highest BCUT2D eigenvalue weighted by atomic mass is 32.2. The van der Waals surface area contributed by atoms with Gasteiger partial charge in [-0.3, -0.25) is 4.79 Å². The van der Waals surface area contributed by atoms with Crippen LogP contribution in [0.25, 0.3) is 0 Å². The highest BCUT2D eigenvalue weighted by molar-refractivity contribution is 7.89. The second-order valence-electron chi connectivity index (χ2n) is 5.68. The van der Waals surface area contributed by atoms with Crippen LogP contribution in [0.5, 0.6) is 0 Å². The average molecular weight is 295 g/mol. The first kappa shape index (κ1) is 13.6. The Morgan fingerprint density at radius 3 is 2.60 bits per heavy atom. The Hall–Kier alpha value is -1.40. The fourth-order valence-electron chi connectivity index (χ4n) is 2.94. The van der Waals surface area contributed by atoms with Gasteiger partial charge in [0, 0.05) is 13.0 Å². The summed E-state index contributed by atoms with van der Waals surface area (Å²) in [5, 5.41) is 0. The molecular formula is C14H17NO4S. The van der Waals surface area contributed by atoms with Crippen LogP contribution in [-0.4, -0.2) is 36.9 Å². The summed E-state index contributed by atoms with van der Waals surface area (Å²) in [7, 11) is -3.67. The van der Waals surface area contributed by atoms with Gasteiger partial charge in [-0.2, -0.15) is 4.31 Å². The number of ether oxygens (including phenoxy) is 1. The molecule has 108 valence electrons. The molecular weight excluding hydrogens is 278 g/mol. The summed E-state index contributed by atoms with van der Waals surface area (Å²) in [5.74, 6) is -0.435. The topological polar surface area (TPSA) is 63.7 Å². The van der Waals surface area contributed by atoms with E-state index in [1.165, 1.54) is 4.31 Å². The molecule has 0 aliphatic carbocycles. The van der Waals surface area contributed by atoms with Gasteiger partial charge in [-0.05, 0) is 32.4 Å². The van der Waals surface area contributed by atoms with Crippen molar-refractivity contribution in [3.63, 3.8) is 0 Å². The minimum Gasteiger partial charge on any atom is -0.461 e. The quantitative estimate of drug-likeness (QED) is 0.775. The molecule has 1 aromatic carbocycles. The number of benzene rings is 1. The Bertz CT molecular complexity index is 652. The molecule has 2 aliphatic rings. The van der Waals surface area contributed by atoms with Gasteiger partial charge >= 0.3 is 5.97 Å². The summed E-state index contributed by atoms with van der Waals surface area (Å²) >= 11 is 0. The van der Waals surface area contributed by atoms with Crippen molar-refractivity contribution >= 4 is 16.0 Å². The number of hydrogen-bond donors (Lipinski definition) is 0. The van der Waals surface area contributed by atoms with Gasteiger partial charge in [0.05, 0.1) is 4.90 Å². The second-order valence-corrected chi connectivity index (χ2v) is 7.55. The summed E-state index contributed by atoms with van der Waals surface area (Å²) in [5.41, 5.74) is -0.0683. The SMILES string of the molecule is Cc1ccc(S(=O)(=O)N2CC[C@@H]3C[C@@]2(C)C(=O)O3)cc1. The van der Waals surface area contributed by atoms with Crippen molar-refractivity contribution in [2.24, 2.45) is 0 Å². The molecule has 20 heavy (non-hydrogen) atoms. The van der Waals surface area contributed by atoms with E-state index in [0.29, 0.717) is 19.4 Å². The molecule has 0 aromatic heterocycles. The zero-order valence-corrected chi connectivity index (χ0v) is 12.3. The number of sulfonamides is 1. The van der Waals surface area contributed by atoms with E-state index in [-0.39, 0.29) is 11.0 Å². The number of fused-ring (bicyclic) bond motifs is 2. The van der Waals surface area contributed by atoms with Gasteiger partial charge in [0.25, 0.3) is 0 Å². The van der Waals surface area contributed by atoms with E-state index in [1.54, 1.807) is 31.2 Å². The normalized spacial score (nSPS) is 30.3. The molecule has 0 saturated carbocycles. The van der Waals surface area contributed by atoms with Crippen molar-refractivity contribution in [3.05, 3.63) is 29.8 Å². The lowest BCUT2D eigenvalue weighted by Crippen LogP contribution is -2.54. The molecule has 5 nitrogen and oxygen atoms in total. The Morgan fingerprint density at radius 2 is 1.95 bits per heavy atom. The predicted molar refractivity (Wildman–Crippen MR) is 72.6 cm³/mol. The first-order chi connectivity index (χ1) is 9.34. The van der Waals surface area contributed by atoms with Crippen LogP contribution in [0.2, 0.25) is 0 Å². The number of carbonyl (C=O) groups is 1. The van der Waals surface area contributed by atoms with Gasteiger partial charge < -0.3 is 4.74 Å². The number of nitrogens with zero attached hydrogens (tertiary/aromatic N) is 1. The maximum Gasteiger partial charge on any atom is 0.327 e. The summed E-state index contributed by atoms with van der Waals surface area (Å²) < 4.78 is 32.0. The second kappa shape index (κ2) is 4.30. The first-order valence-corrected chi connectivity index (χ1v) is 8.09. The largest absolute Gasteiger partial charge is 0.461 e. The van der Waals surface area contributed by atoms with Crippen molar-refractivity contribution in [1.82, 2.24) is 4.31 Å². The standard InChI is InChI=1S/C14H17NO4S/c1-10-3-5-12(6-4-10)20(17,18)15-8-7-11-9-14(15,2)13(16)19-11/h3-6,11H,7-9H2,1-2H3/t11-,14+/m1/s1. The summed E-state index contributed by atoms with van der Waals surface area (Å²) in [6.07, 6.45) is 0.862. The Labute approximate surface area is 118 Å².